The number of aliphatic carboxylic acids is 1. The lowest BCUT2D eigenvalue weighted by molar-refractivity contribution is -0.158. The number of thiol groups is 1. The molecule has 8 heteroatoms. The van der Waals surface area contributed by atoms with Crippen molar-refractivity contribution < 1.29 is 19.5 Å². The number of hydrogen-bond donors (Lipinski definition) is 4. The van der Waals surface area contributed by atoms with Crippen molar-refractivity contribution in [1.82, 2.24) is 15.4 Å². The van der Waals surface area contributed by atoms with Gasteiger partial charge in [0.05, 0.1) is 0 Å². The standard InChI is InChI=1S/C22H29N3O4S/c26-20(11-5-6-12-30)24-25(21(27)15-7-1-2-8-15)19(22(28)29)13-16-14-23-18-10-4-3-9-17(16)18/h3-4,9-10,14-15,19,23,30H,1-2,5-8,11-13H2,(H,24,26)(H,28,29)/t19-/m0/s1. The maximum absolute atomic E-state index is 13.2. The van der Waals surface area contributed by atoms with Crippen LogP contribution in [0, 0.1) is 5.92 Å². The summed E-state index contributed by atoms with van der Waals surface area (Å²) >= 11 is 4.15. The Kier molecular flexibility index (Phi) is 7.79. The van der Waals surface area contributed by atoms with Crippen molar-refractivity contribution in [3.8, 4) is 0 Å². The molecule has 7 nitrogen and oxygen atoms in total. The molecule has 0 unspecified atom stereocenters. The highest BCUT2D eigenvalue weighted by atomic mass is 32.1. The Morgan fingerprint density at radius 1 is 1.20 bits per heavy atom. The molecule has 1 fully saturated rings. The first-order chi connectivity index (χ1) is 14.5. The van der Waals surface area contributed by atoms with E-state index in [4.69, 9.17) is 0 Å². The molecule has 30 heavy (non-hydrogen) atoms. The number of hydrogen-bond acceptors (Lipinski definition) is 4. The Balaban J connectivity index is 1.84. The van der Waals surface area contributed by atoms with E-state index in [1.165, 1.54) is 0 Å². The van der Waals surface area contributed by atoms with Crippen LogP contribution in [0.3, 0.4) is 0 Å². The third-order valence-electron chi connectivity index (χ3n) is 5.68. The van der Waals surface area contributed by atoms with Crippen molar-refractivity contribution in [2.75, 3.05) is 5.75 Å². The molecule has 2 amide bonds. The molecule has 1 heterocycles. The first-order valence-electron chi connectivity index (χ1n) is 10.5. The molecular weight excluding hydrogens is 402 g/mol. The molecule has 3 rings (SSSR count). The van der Waals surface area contributed by atoms with Crippen molar-refractivity contribution in [3.05, 3.63) is 36.0 Å². The summed E-state index contributed by atoms with van der Waals surface area (Å²) in [5, 5.41) is 12.0. The quantitative estimate of drug-likeness (QED) is 0.278. The minimum atomic E-state index is -1.17. The number of carboxylic acids is 1. The molecule has 1 aliphatic rings. The predicted octanol–water partition coefficient (Wildman–Crippen LogP) is 3.31. The van der Waals surface area contributed by atoms with Gasteiger partial charge in [-0.05, 0) is 43.1 Å². The number of carbonyl (C=O) groups is 3. The van der Waals surface area contributed by atoms with Gasteiger partial charge in [0.1, 0.15) is 0 Å². The molecule has 1 aliphatic carbocycles. The number of benzene rings is 1. The number of H-pyrrole nitrogens is 1. The van der Waals surface area contributed by atoms with Crippen LogP contribution < -0.4 is 5.43 Å². The zero-order valence-electron chi connectivity index (χ0n) is 17.0. The summed E-state index contributed by atoms with van der Waals surface area (Å²) in [7, 11) is 0. The average molecular weight is 432 g/mol. The van der Waals surface area contributed by atoms with Crippen molar-refractivity contribution in [2.24, 2.45) is 5.92 Å². The van der Waals surface area contributed by atoms with E-state index in [1.807, 2.05) is 24.3 Å². The number of rotatable bonds is 9. The van der Waals surface area contributed by atoms with E-state index in [0.29, 0.717) is 12.2 Å². The molecule has 162 valence electrons. The van der Waals surface area contributed by atoms with Crippen LogP contribution in [0.15, 0.2) is 30.5 Å². The summed E-state index contributed by atoms with van der Waals surface area (Å²) in [6.07, 6.45) is 6.87. The number of para-hydroxylation sites is 1. The number of carbonyl (C=O) groups excluding carboxylic acids is 2. The van der Waals surface area contributed by atoms with Crippen LogP contribution >= 0.6 is 12.6 Å². The molecule has 1 atom stereocenters. The zero-order chi connectivity index (χ0) is 21.5. The van der Waals surface area contributed by atoms with E-state index >= 15 is 0 Å². The van der Waals surface area contributed by atoms with Crippen LogP contribution in [0.25, 0.3) is 10.9 Å². The Morgan fingerprint density at radius 3 is 2.63 bits per heavy atom. The number of unbranched alkanes of at least 4 members (excludes halogenated alkanes) is 1. The maximum atomic E-state index is 13.2. The van der Waals surface area contributed by atoms with E-state index in [1.54, 1.807) is 6.20 Å². The topological polar surface area (TPSA) is 103 Å². The second-order valence-corrected chi connectivity index (χ2v) is 8.27. The molecule has 0 aliphatic heterocycles. The van der Waals surface area contributed by atoms with Crippen LogP contribution in [0.2, 0.25) is 0 Å². The summed E-state index contributed by atoms with van der Waals surface area (Å²) in [5.41, 5.74) is 4.32. The van der Waals surface area contributed by atoms with Crippen LogP contribution in [0.5, 0.6) is 0 Å². The first-order valence-corrected chi connectivity index (χ1v) is 11.2. The minimum absolute atomic E-state index is 0.106. The van der Waals surface area contributed by atoms with E-state index in [2.05, 4.69) is 23.0 Å². The van der Waals surface area contributed by atoms with Gasteiger partial charge in [-0.15, -0.1) is 0 Å². The SMILES string of the molecule is O=C(CCCCS)NN(C(=O)C1CCCC1)[C@@H](Cc1c[nH]c2ccccc12)C(=O)O. The van der Waals surface area contributed by atoms with E-state index in [0.717, 1.165) is 53.6 Å². The second kappa shape index (κ2) is 10.5. The third-order valence-corrected chi connectivity index (χ3v) is 6.00. The molecule has 1 saturated carbocycles. The van der Waals surface area contributed by atoms with Gasteiger partial charge in [0.15, 0.2) is 6.04 Å². The van der Waals surface area contributed by atoms with Crippen molar-refractivity contribution in [2.45, 2.75) is 57.4 Å². The molecule has 3 N–H and O–H groups in total. The normalized spacial score (nSPS) is 15.2. The van der Waals surface area contributed by atoms with Crippen molar-refractivity contribution in [1.29, 1.82) is 0 Å². The molecule has 0 spiro atoms. The lowest BCUT2D eigenvalue weighted by Crippen LogP contribution is -2.57. The van der Waals surface area contributed by atoms with Gasteiger partial charge in [-0.25, -0.2) is 9.80 Å². The van der Waals surface area contributed by atoms with Crippen LogP contribution in [0.1, 0.15) is 50.5 Å². The third kappa shape index (κ3) is 5.36. The Bertz CT molecular complexity index is 891. The van der Waals surface area contributed by atoms with Gasteiger partial charge in [0, 0.05) is 35.9 Å². The number of aromatic nitrogens is 1. The van der Waals surface area contributed by atoms with Crippen molar-refractivity contribution in [3.63, 3.8) is 0 Å². The number of hydrazine groups is 1. The lowest BCUT2D eigenvalue weighted by atomic mass is 10.0. The monoisotopic (exact) mass is 431 g/mol. The van der Waals surface area contributed by atoms with Gasteiger partial charge >= 0.3 is 5.97 Å². The minimum Gasteiger partial charge on any atom is -0.480 e. The maximum Gasteiger partial charge on any atom is 0.328 e. The van der Waals surface area contributed by atoms with Crippen LogP contribution in [-0.2, 0) is 20.8 Å². The smallest absolute Gasteiger partial charge is 0.328 e. The lowest BCUT2D eigenvalue weighted by Gasteiger charge is -2.31. The number of nitrogens with one attached hydrogen (secondary N) is 2. The predicted molar refractivity (Wildman–Crippen MR) is 118 cm³/mol. The largest absolute Gasteiger partial charge is 0.480 e. The number of carboxylic acid groups (broad SMARTS) is 1. The summed E-state index contributed by atoms with van der Waals surface area (Å²) < 4.78 is 0. The second-order valence-electron chi connectivity index (χ2n) is 7.82. The fraction of sp³-hybridized carbons (Fsp3) is 0.500. The van der Waals surface area contributed by atoms with Gasteiger partial charge in [-0.3, -0.25) is 15.0 Å². The van der Waals surface area contributed by atoms with E-state index in [9.17, 15) is 19.5 Å². The molecule has 0 saturated heterocycles. The Hall–Kier alpha value is -2.48. The molecular formula is C22H29N3O4S. The van der Waals surface area contributed by atoms with Crippen molar-refractivity contribution >= 4 is 41.3 Å². The highest BCUT2D eigenvalue weighted by molar-refractivity contribution is 7.80. The summed E-state index contributed by atoms with van der Waals surface area (Å²) in [6.45, 7) is 0. The summed E-state index contributed by atoms with van der Waals surface area (Å²) in [5.74, 6) is -1.35. The van der Waals surface area contributed by atoms with E-state index < -0.39 is 12.0 Å². The molecule has 1 aromatic carbocycles. The summed E-state index contributed by atoms with van der Waals surface area (Å²) in [6, 6.07) is 6.45. The molecule has 0 radical (unpaired) electrons. The van der Waals surface area contributed by atoms with Crippen LogP contribution in [0.4, 0.5) is 0 Å². The zero-order valence-corrected chi connectivity index (χ0v) is 17.9. The fourth-order valence-corrected chi connectivity index (χ4v) is 4.27. The highest BCUT2D eigenvalue weighted by Crippen LogP contribution is 2.28. The van der Waals surface area contributed by atoms with Crippen LogP contribution in [-0.4, -0.2) is 44.7 Å². The van der Waals surface area contributed by atoms with Gasteiger partial charge in [0.25, 0.3) is 0 Å². The van der Waals surface area contributed by atoms with Gasteiger partial charge in [-0.1, -0.05) is 31.0 Å². The van der Waals surface area contributed by atoms with Gasteiger partial charge in [0.2, 0.25) is 11.8 Å². The number of amides is 2. The average Bonchev–Trinajstić information content (AvgIpc) is 3.40. The number of aromatic amines is 1. The Labute approximate surface area is 181 Å². The first kappa shape index (κ1) is 22.2. The molecule has 0 bridgehead atoms. The fourth-order valence-electron chi connectivity index (χ4n) is 4.04. The van der Waals surface area contributed by atoms with E-state index in [-0.39, 0.29) is 30.6 Å². The van der Waals surface area contributed by atoms with Gasteiger partial charge in [-0.2, -0.15) is 12.6 Å². The summed E-state index contributed by atoms with van der Waals surface area (Å²) in [4.78, 5) is 41.0. The number of nitrogens with zero attached hydrogens (tertiary/aromatic N) is 1. The Morgan fingerprint density at radius 2 is 1.93 bits per heavy atom. The van der Waals surface area contributed by atoms with Gasteiger partial charge < -0.3 is 10.1 Å². The molecule has 1 aromatic heterocycles. The highest BCUT2D eigenvalue weighted by Gasteiger charge is 2.36. The molecule has 2 aromatic rings. The number of fused-ring (bicyclic) bond motifs is 1.